The summed E-state index contributed by atoms with van der Waals surface area (Å²) in [5.41, 5.74) is -0.460. The van der Waals surface area contributed by atoms with Gasteiger partial charge in [0.05, 0.1) is 5.56 Å². The van der Waals surface area contributed by atoms with E-state index in [0.29, 0.717) is 5.69 Å². The lowest BCUT2D eigenvalue weighted by Crippen LogP contribution is -2.12. The van der Waals surface area contributed by atoms with E-state index in [9.17, 15) is 18.0 Å². The van der Waals surface area contributed by atoms with E-state index in [1.54, 1.807) is 5.38 Å². The Bertz CT molecular complexity index is 534. The molecule has 1 N–H and O–H groups in total. The smallest absolute Gasteiger partial charge is 0.320 e. The van der Waals surface area contributed by atoms with E-state index in [-0.39, 0.29) is 5.01 Å². The van der Waals surface area contributed by atoms with Crippen LogP contribution >= 0.6 is 11.3 Å². The quantitative estimate of drug-likeness (QED) is 0.910. The van der Waals surface area contributed by atoms with Gasteiger partial charge in [-0.1, -0.05) is 0 Å². The summed E-state index contributed by atoms with van der Waals surface area (Å²) in [6.07, 6.45) is -2.90. The zero-order valence-electron chi connectivity index (χ0n) is 8.86. The molecular weight excluding hydrogens is 265 g/mol. The third kappa shape index (κ3) is 2.86. The van der Waals surface area contributed by atoms with Crippen molar-refractivity contribution in [2.24, 2.45) is 0 Å². The fourth-order valence-electron chi connectivity index (χ4n) is 1.26. The second-order valence-electron chi connectivity index (χ2n) is 3.37. The molecule has 2 rings (SSSR count). The molecule has 18 heavy (non-hydrogen) atoms. The molecule has 0 bridgehead atoms. The maximum atomic E-state index is 12.3. The first-order valence-electron chi connectivity index (χ1n) is 4.85. The maximum absolute atomic E-state index is 12.3. The summed E-state index contributed by atoms with van der Waals surface area (Å²) in [7, 11) is 0. The van der Waals surface area contributed by atoms with Crippen LogP contribution in [0.1, 0.15) is 15.4 Å². The molecule has 0 unspecified atom stereocenters. The number of anilines is 1. The number of alkyl halides is 3. The number of nitrogens with one attached hydrogen (secondary N) is 1. The Kier molecular flexibility index (Phi) is 3.33. The van der Waals surface area contributed by atoms with Gasteiger partial charge in [-0.25, -0.2) is 4.98 Å². The number of hydrogen-bond acceptors (Lipinski definition) is 3. The van der Waals surface area contributed by atoms with Crippen LogP contribution in [0.3, 0.4) is 0 Å². The molecule has 3 nitrogen and oxygen atoms in total. The van der Waals surface area contributed by atoms with Crippen molar-refractivity contribution >= 4 is 22.9 Å². The van der Waals surface area contributed by atoms with Gasteiger partial charge < -0.3 is 5.32 Å². The lowest BCUT2D eigenvalue weighted by Gasteiger charge is -2.07. The minimum atomic E-state index is -4.38. The minimum absolute atomic E-state index is 0.259. The topological polar surface area (TPSA) is 42.0 Å². The van der Waals surface area contributed by atoms with Gasteiger partial charge in [-0.2, -0.15) is 13.2 Å². The van der Waals surface area contributed by atoms with Gasteiger partial charge in [-0.3, -0.25) is 4.79 Å². The third-order valence-corrected chi connectivity index (χ3v) is 2.87. The van der Waals surface area contributed by atoms with Gasteiger partial charge in [-0.15, -0.1) is 11.3 Å². The molecule has 1 aromatic carbocycles. The number of hydrogen-bond donors (Lipinski definition) is 1. The van der Waals surface area contributed by atoms with Crippen LogP contribution in [-0.2, 0) is 6.18 Å². The molecule has 94 valence electrons. The monoisotopic (exact) mass is 272 g/mol. The third-order valence-electron chi connectivity index (χ3n) is 2.10. The fraction of sp³-hybridized carbons (Fsp3) is 0.0909. The van der Waals surface area contributed by atoms with Crippen molar-refractivity contribution < 1.29 is 18.0 Å². The first kappa shape index (κ1) is 12.6. The van der Waals surface area contributed by atoms with Crippen LogP contribution in [0.2, 0.25) is 0 Å². The molecule has 0 saturated heterocycles. The Balaban J connectivity index is 2.09. The first-order chi connectivity index (χ1) is 8.47. The number of halogens is 3. The molecule has 0 spiro atoms. The van der Waals surface area contributed by atoms with Crippen LogP contribution in [0.25, 0.3) is 0 Å². The van der Waals surface area contributed by atoms with E-state index in [4.69, 9.17) is 0 Å². The molecule has 0 atom stereocenters. The predicted octanol–water partition coefficient (Wildman–Crippen LogP) is 3.41. The zero-order chi connectivity index (χ0) is 13.2. The van der Waals surface area contributed by atoms with Gasteiger partial charge >= 0.3 is 6.18 Å². The highest BCUT2D eigenvalue weighted by Gasteiger charge is 2.29. The zero-order valence-corrected chi connectivity index (χ0v) is 9.68. The molecule has 0 aliphatic rings. The molecule has 0 aliphatic heterocycles. The molecule has 0 aliphatic carbocycles. The Morgan fingerprint density at radius 2 is 1.89 bits per heavy atom. The number of rotatable bonds is 2. The summed E-state index contributed by atoms with van der Waals surface area (Å²) in [5, 5.41) is 4.36. The van der Waals surface area contributed by atoms with Crippen LogP contribution < -0.4 is 5.32 Å². The van der Waals surface area contributed by atoms with Gasteiger partial charge in [-0.05, 0) is 24.3 Å². The van der Waals surface area contributed by atoms with E-state index in [0.717, 1.165) is 23.5 Å². The SMILES string of the molecule is O=C(Nc1ccc(C(F)(F)F)cc1)c1nccs1. The minimum Gasteiger partial charge on any atom is -0.320 e. The van der Waals surface area contributed by atoms with Gasteiger partial charge in [0, 0.05) is 17.3 Å². The average molecular weight is 272 g/mol. The number of benzene rings is 1. The standard InChI is InChI=1S/C11H7F3N2OS/c12-11(13,14)7-1-3-8(4-2-7)16-9(17)10-15-5-6-18-10/h1-6H,(H,16,17). The summed E-state index contributed by atoms with van der Waals surface area (Å²) >= 11 is 1.15. The van der Waals surface area contributed by atoms with Crippen molar-refractivity contribution in [2.45, 2.75) is 6.18 Å². The summed E-state index contributed by atoms with van der Waals surface area (Å²) in [5.74, 6) is -0.440. The molecule has 1 amide bonds. The van der Waals surface area contributed by atoms with Gasteiger partial charge in [0.25, 0.3) is 5.91 Å². The molecular formula is C11H7F3N2OS. The van der Waals surface area contributed by atoms with Gasteiger partial charge in [0.15, 0.2) is 5.01 Å². The van der Waals surface area contributed by atoms with Gasteiger partial charge in [0.1, 0.15) is 0 Å². The maximum Gasteiger partial charge on any atom is 0.416 e. The van der Waals surface area contributed by atoms with Crippen molar-refractivity contribution in [3.63, 3.8) is 0 Å². The number of amides is 1. The average Bonchev–Trinajstić information content (AvgIpc) is 2.82. The molecule has 1 aromatic heterocycles. The Hall–Kier alpha value is -1.89. The van der Waals surface area contributed by atoms with Crippen LogP contribution in [-0.4, -0.2) is 10.9 Å². The van der Waals surface area contributed by atoms with Crippen molar-refractivity contribution in [3.05, 3.63) is 46.4 Å². The Morgan fingerprint density at radius 1 is 1.22 bits per heavy atom. The van der Waals surface area contributed by atoms with E-state index in [1.807, 2.05) is 0 Å². The first-order valence-corrected chi connectivity index (χ1v) is 5.73. The van der Waals surface area contributed by atoms with Gasteiger partial charge in [0.2, 0.25) is 0 Å². The summed E-state index contributed by atoms with van der Waals surface area (Å²) in [4.78, 5) is 15.4. The summed E-state index contributed by atoms with van der Waals surface area (Å²) in [6, 6.07) is 4.23. The number of nitrogens with zero attached hydrogens (tertiary/aromatic N) is 1. The fourth-order valence-corrected chi connectivity index (χ4v) is 1.79. The normalized spacial score (nSPS) is 11.3. The summed E-state index contributed by atoms with van der Waals surface area (Å²) in [6.45, 7) is 0. The molecule has 0 fully saturated rings. The van der Waals surface area contributed by atoms with E-state index < -0.39 is 17.6 Å². The van der Waals surface area contributed by atoms with Crippen molar-refractivity contribution in [1.29, 1.82) is 0 Å². The van der Waals surface area contributed by atoms with Crippen LogP contribution in [0, 0.1) is 0 Å². The lowest BCUT2D eigenvalue weighted by molar-refractivity contribution is -0.137. The number of thiazole rings is 1. The van der Waals surface area contributed by atoms with Crippen LogP contribution in [0.15, 0.2) is 35.8 Å². The van der Waals surface area contributed by atoms with E-state index >= 15 is 0 Å². The second kappa shape index (κ2) is 4.77. The number of carbonyl (C=O) groups excluding carboxylic acids is 1. The molecule has 0 saturated carbocycles. The summed E-state index contributed by atoms with van der Waals surface area (Å²) < 4.78 is 36.9. The number of carbonyl (C=O) groups is 1. The second-order valence-corrected chi connectivity index (χ2v) is 4.26. The van der Waals surface area contributed by atoms with Crippen LogP contribution in [0.5, 0.6) is 0 Å². The highest BCUT2D eigenvalue weighted by atomic mass is 32.1. The Morgan fingerprint density at radius 3 is 2.39 bits per heavy atom. The molecule has 2 aromatic rings. The predicted molar refractivity (Wildman–Crippen MR) is 61.5 cm³/mol. The molecule has 0 radical (unpaired) electrons. The Labute approximate surface area is 104 Å². The largest absolute Gasteiger partial charge is 0.416 e. The van der Waals surface area contributed by atoms with E-state index in [2.05, 4.69) is 10.3 Å². The lowest BCUT2D eigenvalue weighted by atomic mass is 10.2. The van der Waals surface area contributed by atoms with Crippen LogP contribution in [0.4, 0.5) is 18.9 Å². The number of aromatic nitrogens is 1. The molecule has 1 heterocycles. The van der Waals surface area contributed by atoms with E-state index in [1.165, 1.54) is 18.3 Å². The highest BCUT2D eigenvalue weighted by Crippen LogP contribution is 2.29. The highest BCUT2D eigenvalue weighted by molar-refractivity contribution is 7.11. The molecule has 7 heteroatoms. The van der Waals surface area contributed by atoms with Crippen molar-refractivity contribution in [3.8, 4) is 0 Å². The van der Waals surface area contributed by atoms with Crippen molar-refractivity contribution in [1.82, 2.24) is 4.98 Å². The van der Waals surface area contributed by atoms with Crippen molar-refractivity contribution in [2.75, 3.05) is 5.32 Å².